The zero-order chi connectivity index (χ0) is 21.4. The van der Waals surface area contributed by atoms with Gasteiger partial charge in [0.25, 0.3) is 0 Å². The molecule has 0 aliphatic heterocycles. The fourth-order valence-corrected chi connectivity index (χ4v) is 2.69. The number of carbonyl (C=O) groups is 1. The number of aromatic nitrogens is 2. The Bertz CT molecular complexity index is 693. The van der Waals surface area contributed by atoms with Crippen LogP contribution in [0.15, 0.2) is 15.9 Å². The van der Waals surface area contributed by atoms with Crippen molar-refractivity contribution in [2.24, 2.45) is 14.1 Å². The molecule has 8 heteroatoms. The third kappa shape index (κ3) is 9.93. The van der Waals surface area contributed by atoms with E-state index >= 15 is 0 Å². The van der Waals surface area contributed by atoms with Gasteiger partial charge in [0.2, 0.25) is 0 Å². The van der Waals surface area contributed by atoms with Gasteiger partial charge in [0.05, 0.1) is 16.5 Å². The van der Waals surface area contributed by atoms with Crippen molar-refractivity contribution in [3.8, 4) is 0 Å². The zero-order valence-electron chi connectivity index (χ0n) is 17.9. The summed E-state index contributed by atoms with van der Waals surface area (Å²) in [6.07, 6.45) is 4.85. The number of ether oxygens (including phenoxy) is 1. The summed E-state index contributed by atoms with van der Waals surface area (Å²) in [4.78, 5) is 22.5. The molecule has 1 aromatic rings. The minimum atomic E-state index is -0.150. The fraction of sp³-hybridized carbons (Fsp3) is 0.632. The molecule has 0 spiro atoms. The predicted molar refractivity (Wildman–Crippen MR) is 120 cm³/mol. The van der Waals surface area contributed by atoms with Crippen LogP contribution in [0.25, 0.3) is 0 Å². The Kier molecular flexibility index (Phi) is 17.3. The summed E-state index contributed by atoms with van der Waals surface area (Å²) in [6.45, 7) is 10.7. The summed E-state index contributed by atoms with van der Waals surface area (Å²) >= 11 is 6.78. The molecule has 0 aromatic carbocycles. The first-order valence-electron chi connectivity index (χ1n) is 9.14. The number of methoxy groups -OCH3 is 1. The lowest BCUT2D eigenvalue weighted by Gasteiger charge is -2.16. The van der Waals surface area contributed by atoms with E-state index in [4.69, 9.17) is 12.2 Å². The van der Waals surface area contributed by atoms with Crippen molar-refractivity contribution >= 4 is 36.0 Å². The molecule has 1 heterocycles. The lowest BCUT2D eigenvalue weighted by atomic mass is 10.3. The lowest BCUT2D eigenvalue weighted by molar-refractivity contribution is -0.105. The van der Waals surface area contributed by atoms with Gasteiger partial charge in [-0.1, -0.05) is 45.5 Å². The monoisotopic (exact) mass is 417 g/mol. The van der Waals surface area contributed by atoms with E-state index in [1.54, 1.807) is 25.8 Å². The highest BCUT2D eigenvalue weighted by molar-refractivity contribution is 8.03. The molecular formula is C19H35N3O3S2. The molecule has 156 valence electrons. The Morgan fingerprint density at radius 1 is 1.26 bits per heavy atom. The summed E-state index contributed by atoms with van der Waals surface area (Å²) in [5.41, 5.74) is 1.36. The first-order valence-corrected chi connectivity index (χ1v) is 10.5. The minimum Gasteiger partial charge on any atom is -0.385 e. The zero-order valence-corrected chi connectivity index (χ0v) is 19.6. The first-order chi connectivity index (χ1) is 12.8. The quantitative estimate of drug-likeness (QED) is 0.499. The average Bonchev–Trinajstić information content (AvgIpc) is 2.71. The molecule has 0 unspecified atom stereocenters. The third-order valence-corrected chi connectivity index (χ3v) is 4.78. The van der Waals surface area contributed by atoms with Crippen LogP contribution in [0, 0.1) is 11.6 Å². The average molecular weight is 418 g/mol. The lowest BCUT2D eigenvalue weighted by Crippen LogP contribution is -2.30. The van der Waals surface area contributed by atoms with Crippen LogP contribution in [0.4, 0.5) is 5.69 Å². The molecule has 0 saturated carbocycles. The van der Waals surface area contributed by atoms with E-state index < -0.39 is 0 Å². The SMILES string of the molecule is CC.CCC/C=C(/Nc1c(C)n(C)c(=O)n(C)c1=S)SCC=O.CCOC. The van der Waals surface area contributed by atoms with Crippen molar-refractivity contribution in [3.63, 3.8) is 0 Å². The summed E-state index contributed by atoms with van der Waals surface area (Å²) in [7, 11) is 5.05. The first kappa shape index (κ1) is 27.8. The smallest absolute Gasteiger partial charge is 0.328 e. The summed E-state index contributed by atoms with van der Waals surface area (Å²) in [6, 6.07) is 0. The van der Waals surface area contributed by atoms with Crippen molar-refractivity contribution in [1.29, 1.82) is 0 Å². The summed E-state index contributed by atoms with van der Waals surface area (Å²) in [5.74, 6) is 0.381. The highest BCUT2D eigenvalue weighted by atomic mass is 32.2. The van der Waals surface area contributed by atoms with Crippen molar-refractivity contribution in [2.75, 3.05) is 24.8 Å². The number of thioether (sulfide) groups is 1. The van der Waals surface area contributed by atoms with Gasteiger partial charge in [-0.25, -0.2) is 4.79 Å². The Hall–Kier alpha value is -1.38. The number of hydrogen-bond donors (Lipinski definition) is 1. The van der Waals surface area contributed by atoms with Crippen LogP contribution in [0.1, 0.15) is 46.2 Å². The van der Waals surface area contributed by atoms with Gasteiger partial charge >= 0.3 is 5.69 Å². The number of nitrogens with one attached hydrogen (secondary N) is 1. The van der Waals surface area contributed by atoms with Crippen LogP contribution in [-0.2, 0) is 23.6 Å². The summed E-state index contributed by atoms with van der Waals surface area (Å²) < 4.78 is 8.00. The highest BCUT2D eigenvalue weighted by Gasteiger charge is 2.11. The van der Waals surface area contributed by atoms with Crippen molar-refractivity contribution in [3.05, 3.63) is 31.9 Å². The number of unbranched alkanes of at least 4 members (excludes halogenated alkanes) is 1. The second-order valence-electron chi connectivity index (χ2n) is 5.20. The van der Waals surface area contributed by atoms with Crippen LogP contribution in [0.2, 0.25) is 0 Å². The molecule has 0 bridgehead atoms. The number of rotatable bonds is 8. The van der Waals surface area contributed by atoms with Gasteiger partial charge in [0.15, 0.2) is 0 Å². The van der Waals surface area contributed by atoms with E-state index in [2.05, 4.69) is 17.0 Å². The second kappa shape index (κ2) is 16.8. The largest absolute Gasteiger partial charge is 0.385 e. The van der Waals surface area contributed by atoms with Crippen LogP contribution in [-0.4, -0.2) is 34.9 Å². The topological polar surface area (TPSA) is 65.3 Å². The summed E-state index contributed by atoms with van der Waals surface area (Å²) in [5, 5.41) is 4.16. The molecule has 0 radical (unpaired) electrons. The second-order valence-corrected chi connectivity index (χ2v) is 6.65. The Morgan fingerprint density at radius 2 is 1.81 bits per heavy atom. The number of hydrogen-bond acceptors (Lipinski definition) is 6. The molecule has 0 aliphatic carbocycles. The number of carbonyl (C=O) groups excluding carboxylic acids is 1. The molecule has 1 rings (SSSR count). The molecule has 1 N–H and O–H groups in total. The van der Waals surface area contributed by atoms with E-state index in [0.717, 1.165) is 42.1 Å². The van der Waals surface area contributed by atoms with Gasteiger partial charge in [-0.05, 0) is 20.3 Å². The van der Waals surface area contributed by atoms with E-state index in [9.17, 15) is 9.59 Å². The molecule has 1 aromatic heterocycles. The van der Waals surface area contributed by atoms with E-state index in [0.29, 0.717) is 10.4 Å². The van der Waals surface area contributed by atoms with Gasteiger partial charge in [-0.3, -0.25) is 9.13 Å². The highest BCUT2D eigenvalue weighted by Crippen LogP contribution is 2.22. The number of anilines is 1. The van der Waals surface area contributed by atoms with Gasteiger partial charge in [0, 0.05) is 33.5 Å². The van der Waals surface area contributed by atoms with E-state index in [1.165, 1.54) is 16.3 Å². The van der Waals surface area contributed by atoms with Crippen LogP contribution in [0.3, 0.4) is 0 Å². The molecule has 6 nitrogen and oxygen atoms in total. The maximum absolute atomic E-state index is 12.0. The maximum atomic E-state index is 12.0. The Morgan fingerprint density at radius 3 is 2.26 bits per heavy atom. The maximum Gasteiger partial charge on any atom is 0.328 e. The Labute approximate surface area is 173 Å². The molecule has 27 heavy (non-hydrogen) atoms. The molecule has 0 fully saturated rings. The number of nitrogens with zero attached hydrogens (tertiary/aromatic N) is 2. The van der Waals surface area contributed by atoms with E-state index in [-0.39, 0.29) is 5.69 Å². The number of allylic oxidation sites excluding steroid dienone is 1. The van der Waals surface area contributed by atoms with Crippen LogP contribution < -0.4 is 11.0 Å². The van der Waals surface area contributed by atoms with Gasteiger partial charge in [0.1, 0.15) is 10.9 Å². The molecule has 0 aliphatic rings. The predicted octanol–water partition coefficient (Wildman–Crippen LogP) is 4.43. The van der Waals surface area contributed by atoms with Crippen molar-refractivity contribution in [1.82, 2.24) is 9.13 Å². The van der Waals surface area contributed by atoms with Gasteiger partial charge in [-0.2, -0.15) is 0 Å². The molecule has 0 atom stereocenters. The van der Waals surface area contributed by atoms with Crippen molar-refractivity contribution < 1.29 is 9.53 Å². The molecule has 0 amide bonds. The third-order valence-electron chi connectivity index (χ3n) is 3.42. The number of aldehydes is 1. The van der Waals surface area contributed by atoms with Crippen molar-refractivity contribution in [2.45, 2.75) is 47.5 Å². The van der Waals surface area contributed by atoms with Crippen LogP contribution in [0.5, 0.6) is 0 Å². The Balaban J connectivity index is 0. The van der Waals surface area contributed by atoms with Gasteiger partial charge < -0.3 is 14.8 Å². The van der Waals surface area contributed by atoms with E-state index in [1.807, 2.05) is 33.8 Å². The fourth-order valence-electron chi connectivity index (χ4n) is 1.76. The minimum absolute atomic E-state index is 0.150. The normalized spacial score (nSPS) is 10.3. The standard InChI is InChI=1S/C14H21N3O2S2.C3H8O.C2H6/c1-5-6-7-11(21-9-8-18)15-12-10(2)16(3)14(19)17(4)13(12)20;1-3-4-2;1-2/h7-8,15H,5-6,9H2,1-4H3;3H2,1-2H3;1-2H3/b11-7-;;. The van der Waals surface area contributed by atoms with Crippen LogP contribution >= 0.6 is 24.0 Å². The molecular weight excluding hydrogens is 382 g/mol. The van der Waals surface area contributed by atoms with Gasteiger partial charge in [-0.15, -0.1) is 11.8 Å². The molecule has 0 saturated heterocycles.